The van der Waals surface area contributed by atoms with Crippen molar-refractivity contribution >= 4 is 214 Å². The van der Waals surface area contributed by atoms with Gasteiger partial charge in [-0.25, -0.2) is 0 Å². The third-order valence-electron chi connectivity index (χ3n) is 1.43. The summed E-state index contributed by atoms with van der Waals surface area (Å²) >= 11 is 37.5. The van der Waals surface area contributed by atoms with Gasteiger partial charge in [-0.3, -0.25) is 0 Å². The van der Waals surface area contributed by atoms with Crippen molar-refractivity contribution in [3.05, 3.63) is 0 Å². The zero-order valence-corrected chi connectivity index (χ0v) is 31.4. The Balaban J connectivity index is 4.84. The van der Waals surface area contributed by atoms with Crippen LogP contribution in [0, 0.1) is 0 Å². The molecule has 0 saturated carbocycles. The van der Waals surface area contributed by atoms with E-state index in [0.717, 1.165) is 0 Å². The monoisotopic (exact) mass is 759 g/mol. The van der Waals surface area contributed by atoms with Gasteiger partial charge in [-0.1, -0.05) is 91.9 Å². The summed E-state index contributed by atoms with van der Waals surface area (Å²) in [5.74, 6) is 0. The van der Waals surface area contributed by atoms with E-state index in [0.29, 0.717) is 0 Å². The first-order chi connectivity index (χ1) is 11.9. The maximum Gasteiger partial charge on any atom is 0.140 e. The van der Waals surface area contributed by atoms with Gasteiger partial charge in [0, 0.05) is 0 Å². The molecule has 0 N–H and O–H groups in total. The van der Waals surface area contributed by atoms with E-state index in [9.17, 15) is 0 Å². The highest BCUT2D eigenvalue weighted by Gasteiger charge is 2.25. The highest BCUT2D eigenvalue weighted by molar-refractivity contribution is 9.60. The van der Waals surface area contributed by atoms with E-state index >= 15 is 0 Å². The molecule has 0 saturated heterocycles. The van der Waals surface area contributed by atoms with E-state index in [4.69, 9.17) is 71.7 Å². The molecule has 0 aliphatic heterocycles. The summed E-state index contributed by atoms with van der Waals surface area (Å²) in [5.41, 5.74) is 0. The molecule has 158 valence electrons. The number of rotatable bonds is 15. The minimum absolute atomic E-state index is 1.59. The molecule has 0 aliphatic rings. The minimum atomic E-state index is -2.05. The van der Waals surface area contributed by atoms with Gasteiger partial charge in [-0.05, 0) is 80.7 Å². The molecule has 0 aromatic carbocycles. The van der Waals surface area contributed by atoms with Crippen molar-refractivity contribution in [3.8, 4) is 0 Å². The van der Waals surface area contributed by atoms with E-state index in [-0.39, 0.29) is 0 Å². The van der Waals surface area contributed by atoms with Gasteiger partial charge >= 0.3 is 0 Å². The first kappa shape index (κ1) is 33.5. The van der Waals surface area contributed by atoms with Gasteiger partial charge in [-0.2, -0.15) is 0 Å². The van der Waals surface area contributed by atoms with Gasteiger partial charge in [0.15, 0.2) is 0 Å². The minimum Gasteiger partial charge on any atom is -0.725 e. The fourth-order valence-electron chi connectivity index (χ4n) is 0.581. The molecule has 0 aromatic heterocycles. The average Bonchev–Trinajstić information content (AvgIpc) is 2.58. The van der Waals surface area contributed by atoms with Gasteiger partial charge in [0.2, 0.25) is 0 Å². The Kier molecular flexibility index (Phi) is 22.0. The molecule has 0 bridgehead atoms. The molecule has 26 heavy (non-hydrogen) atoms. The largest absolute Gasteiger partial charge is 0.725 e. The Morgan fingerprint density at radius 2 is 0.885 bits per heavy atom. The van der Waals surface area contributed by atoms with Crippen molar-refractivity contribution in [3.63, 3.8) is 0 Å². The number of hydrogen-bond acceptors (Lipinski definition) is 18. The standard InChI is InChI=1S/C4H14P4S18/c1-15-5(9,10)19-25-8(14,23-18-4)26-21-6(11,12)20-24-7(13,16-2)22-17-3/h1-4H3,(H,9,10)(H,11,12)/p-2. The molecule has 4 unspecified atom stereocenters. The molecular weight excluding hydrogens is 749 g/mol. The lowest BCUT2D eigenvalue weighted by Crippen LogP contribution is -1.60. The molecule has 22 heteroatoms. The second-order valence-corrected chi connectivity index (χ2v) is 70.7. The van der Waals surface area contributed by atoms with Crippen LogP contribution in [0.3, 0.4) is 0 Å². The smallest absolute Gasteiger partial charge is 0.140 e. The van der Waals surface area contributed by atoms with E-state index in [1.165, 1.54) is 0 Å². The molecule has 0 aliphatic carbocycles. The second kappa shape index (κ2) is 17.0. The summed E-state index contributed by atoms with van der Waals surface area (Å²) in [6, 6.07) is 0. The fourth-order valence-corrected chi connectivity index (χ4v) is 96.8. The topological polar surface area (TPSA) is 0 Å². The molecule has 0 heterocycles. The van der Waals surface area contributed by atoms with Crippen molar-refractivity contribution in [2.75, 3.05) is 25.0 Å². The van der Waals surface area contributed by atoms with Crippen molar-refractivity contribution in [2.24, 2.45) is 0 Å². The molecule has 0 fully saturated rings. The summed E-state index contributed by atoms with van der Waals surface area (Å²) in [7, 11) is 16.9. The summed E-state index contributed by atoms with van der Waals surface area (Å²) in [6.45, 7) is 0. The molecule has 4 atom stereocenters. The van der Waals surface area contributed by atoms with Gasteiger partial charge in [0.25, 0.3) is 0 Å². The molecule has 0 spiro atoms. The van der Waals surface area contributed by atoms with Crippen LogP contribution in [0.1, 0.15) is 0 Å². The lowest BCUT2D eigenvalue weighted by atomic mass is 12.0. The van der Waals surface area contributed by atoms with E-state index in [1.807, 2.05) is 12.5 Å². The van der Waals surface area contributed by atoms with Crippen molar-refractivity contribution < 1.29 is 0 Å². The summed E-state index contributed by atoms with van der Waals surface area (Å²) in [4.78, 5) is 0. The Morgan fingerprint density at radius 1 is 0.500 bits per heavy atom. The summed E-state index contributed by atoms with van der Waals surface area (Å²) in [5, 5.41) is 0. The van der Waals surface area contributed by atoms with Crippen LogP contribution in [0.15, 0.2) is 0 Å². The van der Waals surface area contributed by atoms with E-state index in [1.54, 1.807) is 128 Å². The maximum atomic E-state index is 5.94. The second-order valence-electron chi connectivity index (χ2n) is 3.08. The maximum absolute atomic E-state index is 5.94. The first-order valence-electron chi connectivity index (χ1n) is 5.39. The average molecular weight is 761 g/mol. The Morgan fingerprint density at radius 3 is 1.27 bits per heavy atom. The lowest BCUT2D eigenvalue weighted by Gasteiger charge is -2.31. The van der Waals surface area contributed by atoms with Gasteiger partial charge in [0.05, 0.1) is 0 Å². The fraction of sp³-hybridized carbons (Fsp3) is 1.00. The van der Waals surface area contributed by atoms with Crippen LogP contribution in [0.5, 0.6) is 0 Å². The van der Waals surface area contributed by atoms with Crippen LogP contribution in [0.25, 0.3) is 0 Å². The third kappa shape index (κ3) is 16.2. The zero-order chi connectivity index (χ0) is 20.5. The normalized spacial score (nSPS) is 21.3. The molecule has 0 radical (unpaired) electrons. The van der Waals surface area contributed by atoms with E-state index in [2.05, 4.69) is 12.5 Å². The quantitative estimate of drug-likeness (QED) is 0.0882. The van der Waals surface area contributed by atoms with Crippen LogP contribution < -0.4 is 0 Å². The number of hydrogen-bond donors (Lipinski definition) is 0. The zero-order valence-electron chi connectivity index (χ0n) is 13.1. The SMILES string of the molecule is CSSP(=S)(SC)SSP(=S)([S-])SSP(=S)(SSC)SSP(=S)([S-])SC. The predicted octanol–water partition coefficient (Wildman–Crippen LogP) is 11.9. The molecule has 0 nitrogen and oxygen atoms in total. The Labute approximate surface area is 234 Å². The molecule has 0 rings (SSSR count). The highest BCUT2D eigenvalue weighted by atomic mass is 34.0. The van der Waals surface area contributed by atoms with Gasteiger partial charge in [0.1, 0.15) is 7.29 Å². The Bertz CT molecular complexity index is 600. The van der Waals surface area contributed by atoms with Crippen LogP contribution in [0.2, 0.25) is 0 Å². The Hall–Kier alpha value is 7.50. The molecule has 0 aromatic rings. The summed E-state index contributed by atoms with van der Waals surface area (Å²) < 4.78 is -7.30. The van der Waals surface area contributed by atoms with Crippen molar-refractivity contribution in [1.29, 1.82) is 0 Å². The van der Waals surface area contributed by atoms with Crippen LogP contribution >= 0.6 is 142 Å². The van der Waals surface area contributed by atoms with Gasteiger partial charge in [-0.15, -0.1) is 34.6 Å². The van der Waals surface area contributed by atoms with Crippen molar-refractivity contribution in [1.82, 2.24) is 0 Å². The highest BCUT2D eigenvalue weighted by Crippen LogP contribution is 2.96. The molecule has 0 amide bonds. The van der Waals surface area contributed by atoms with Gasteiger partial charge < -0.3 is 24.5 Å². The van der Waals surface area contributed by atoms with Crippen LogP contribution in [-0.2, 0) is 71.7 Å². The summed E-state index contributed by atoms with van der Waals surface area (Å²) in [6.07, 6.45) is 8.15. The van der Waals surface area contributed by atoms with Crippen molar-refractivity contribution in [2.45, 2.75) is 0 Å². The lowest BCUT2D eigenvalue weighted by molar-refractivity contribution is 2.54. The van der Waals surface area contributed by atoms with E-state index < -0.39 is 14.6 Å². The third-order valence-corrected chi connectivity index (χ3v) is 83.4. The molecular formula is C4H12P4S18-2. The first-order valence-corrected chi connectivity index (χ1v) is 38.7. The predicted molar refractivity (Wildman–Crippen MR) is 187 cm³/mol. The van der Waals surface area contributed by atoms with Crippen LogP contribution in [0.4, 0.5) is 0 Å². The van der Waals surface area contributed by atoms with Crippen LogP contribution in [-0.4, -0.2) is 25.0 Å².